The van der Waals surface area contributed by atoms with Crippen molar-refractivity contribution in [2.45, 2.75) is 25.0 Å². The van der Waals surface area contributed by atoms with Crippen molar-refractivity contribution in [2.24, 2.45) is 7.05 Å². The maximum atomic E-state index is 12.2. The summed E-state index contributed by atoms with van der Waals surface area (Å²) in [5.74, 6) is 1.19. The summed E-state index contributed by atoms with van der Waals surface area (Å²) in [5, 5.41) is 8.87. The summed E-state index contributed by atoms with van der Waals surface area (Å²) >= 11 is 1.23. The van der Waals surface area contributed by atoms with E-state index in [2.05, 4.69) is 26.0 Å². The molecule has 2 amide bonds. The molecule has 0 spiro atoms. The number of carbonyl (C=O) groups is 2. The number of nitrogens with zero attached hydrogens (tertiary/aromatic N) is 5. The molecule has 0 atom stereocenters. The van der Waals surface area contributed by atoms with Gasteiger partial charge in [-0.25, -0.2) is 4.98 Å². The van der Waals surface area contributed by atoms with E-state index in [0.29, 0.717) is 29.1 Å². The Morgan fingerprint density at radius 3 is 2.65 bits per heavy atom. The molecule has 0 aliphatic heterocycles. The first kappa shape index (κ1) is 20.7. The maximum absolute atomic E-state index is 12.2. The molecule has 31 heavy (non-hydrogen) atoms. The number of aryl methyl sites for hydroxylation is 1. The van der Waals surface area contributed by atoms with Gasteiger partial charge < -0.3 is 8.98 Å². The number of amides is 2. The minimum atomic E-state index is -0.353. The predicted molar refractivity (Wildman–Crippen MR) is 115 cm³/mol. The molecular formula is C20H21N7O3S. The predicted octanol–water partition coefficient (Wildman–Crippen LogP) is 1.93. The summed E-state index contributed by atoms with van der Waals surface area (Å²) in [6.45, 7) is 2.59. The van der Waals surface area contributed by atoms with E-state index < -0.39 is 0 Å². The lowest BCUT2D eigenvalue weighted by atomic mass is 10.3. The molecule has 0 radical (unpaired) electrons. The average Bonchev–Trinajstić information content (AvgIpc) is 3.50. The molecule has 2 N–H and O–H groups in total. The average molecular weight is 440 g/mol. The van der Waals surface area contributed by atoms with E-state index in [-0.39, 0.29) is 24.0 Å². The third-order valence-electron chi connectivity index (χ3n) is 4.65. The SMILES string of the molecule is CCn1c(SCC(=O)NNC(=O)Cc2nc3ccccc3n2C)nnc1-c1ccco1. The molecular weight excluding hydrogens is 418 g/mol. The van der Waals surface area contributed by atoms with E-state index in [0.717, 1.165) is 11.0 Å². The van der Waals surface area contributed by atoms with Crippen LogP contribution < -0.4 is 10.9 Å². The fraction of sp³-hybridized carbons (Fsp3) is 0.250. The first-order chi connectivity index (χ1) is 15.1. The summed E-state index contributed by atoms with van der Waals surface area (Å²) < 4.78 is 9.10. The Morgan fingerprint density at radius 2 is 1.90 bits per heavy atom. The van der Waals surface area contributed by atoms with Crippen LogP contribution in [0, 0.1) is 0 Å². The number of hydrogen-bond acceptors (Lipinski definition) is 7. The molecule has 11 heteroatoms. The molecule has 0 saturated carbocycles. The van der Waals surface area contributed by atoms with E-state index in [4.69, 9.17) is 4.42 Å². The second kappa shape index (κ2) is 9.04. The highest BCUT2D eigenvalue weighted by Gasteiger charge is 2.17. The molecule has 3 heterocycles. The molecule has 4 rings (SSSR count). The largest absolute Gasteiger partial charge is 0.461 e. The number of thioether (sulfide) groups is 1. The molecule has 0 unspecified atom stereocenters. The highest BCUT2D eigenvalue weighted by molar-refractivity contribution is 7.99. The molecule has 0 aliphatic carbocycles. The number of nitrogens with one attached hydrogen (secondary N) is 2. The Kier molecular flexibility index (Phi) is 6.03. The Bertz CT molecular complexity index is 1210. The molecule has 160 valence electrons. The second-order valence-corrected chi connectivity index (χ2v) is 7.61. The van der Waals surface area contributed by atoms with Crippen LogP contribution in [-0.2, 0) is 29.6 Å². The number of rotatable bonds is 7. The van der Waals surface area contributed by atoms with E-state index in [1.165, 1.54) is 11.8 Å². The van der Waals surface area contributed by atoms with E-state index in [1.54, 1.807) is 18.4 Å². The van der Waals surface area contributed by atoms with Gasteiger partial charge in [0.05, 0.1) is 29.5 Å². The third-order valence-corrected chi connectivity index (χ3v) is 5.61. The number of hydrogen-bond donors (Lipinski definition) is 2. The third kappa shape index (κ3) is 4.45. The van der Waals surface area contributed by atoms with E-state index in [1.807, 2.05) is 47.4 Å². The second-order valence-electron chi connectivity index (χ2n) is 6.67. The number of fused-ring (bicyclic) bond motifs is 1. The standard InChI is InChI=1S/C20H21N7O3S/c1-3-27-19(15-9-6-10-30-15)24-25-20(27)31-12-18(29)23-22-17(28)11-16-21-13-7-4-5-8-14(13)26(16)2/h4-10H,3,11-12H2,1-2H3,(H,22,28)(H,23,29). The zero-order valence-electron chi connectivity index (χ0n) is 17.0. The Hall–Kier alpha value is -3.60. The van der Waals surface area contributed by atoms with Gasteiger partial charge in [0, 0.05) is 13.6 Å². The van der Waals surface area contributed by atoms with E-state index >= 15 is 0 Å². The smallest absolute Gasteiger partial charge is 0.248 e. The molecule has 10 nitrogen and oxygen atoms in total. The topological polar surface area (TPSA) is 120 Å². The minimum Gasteiger partial charge on any atom is -0.461 e. The first-order valence-electron chi connectivity index (χ1n) is 9.64. The molecule has 4 aromatic rings. The van der Waals surface area contributed by atoms with Crippen molar-refractivity contribution in [1.29, 1.82) is 0 Å². The van der Waals surface area contributed by atoms with Crippen LogP contribution in [0.5, 0.6) is 0 Å². The number of imidazole rings is 1. The summed E-state index contributed by atoms with van der Waals surface area (Å²) in [6, 6.07) is 11.2. The van der Waals surface area contributed by atoms with Gasteiger partial charge in [0.25, 0.3) is 0 Å². The molecule has 0 aliphatic rings. The number of aromatic nitrogens is 5. The Balaban J connectivity index is 1.29. The van der Waals surface area contributed by atoms with Crippen molar-refractivity contribution in [2.75, 3.05) is 5.75 Å². The van der Waals surface area contributed by atoms with Gasteiger partial charge >= 0.3 is 0 Å². The maximum Gasteiger partial charge on any atom is 0.248 e. The van der Waals surface area contributed by atoms with Gasteiger partial charge in [-0.1, -0.05) is 23.9 Å². The molecule has 0 bridgehead atoms. The van der Waals surface area contributed by atoms with Gasteiger partial charge in [-0.3, -0.25) is 25.0 Å². The van der Waals surface area contributed by atoms with Crippen molar-refractivity contribution in [3.63, 3.8) is 0 Å². The van der Waals surface area contributed by atoms with Crippen LogP contribution in [0.1, 0.15) is 12.7 Å². The van der Waals surface area contributed by atoms with Gasteiger partial charge in [0.1, 0.15) is 5.82 Å². The lowest BCUT2D eigenvalue weighted by Gasteiger charge is -2.08. The van der Waals surface area contributed by atoms with Crippen LogP contribution >= 0.6 is 11.8 Å². The Labute approximate surface area is 182 Å². The van der Waals surface area contributed by atoms with Crippen LogP contribution in [0.3, 0.4) is 0 Å². The van der Waals surface area contributed by atoms with Crippen LogP contribution in [-0.4, -0.2) is 41.9 Å². The lowest BCUT2D eigenvalue weighted by molar-refractivity contribution is -0.127. The van der Waals surface area contributed by atoms with Crippen molar-refractivity contribution in [1.82, 2.24) is 35.2 Å². The van der Waals surface area contributed by atoms with Crippen molar-refractivity contribution >= 4 is 34.6 Å². The normalized spacial score (nSPS) is 11.0. The van der Waals surface area contributed by atoms with Gasteiger partial charge in [-0.2, -0.15) is 0 Å². The number of furan rings is 1. The molecule has 0 fully saturated rings. The fourth-order valence-electron chi connectivity index (χ4n) is 3.12. The first-order valence-corrected chi connectivity index (χ1v) is 10.6. The quantitative estimate of drug-likeness (QED) is 0.333. The number of para-hydroxylation sites is 2. The summed E-state index contributed by atoms with van der Waals surface area (Å²) in [6.07, 6.45) is 1.62. The molecule has 1 aromatic carbocycles. The summed E-state index contributed by atoms with van der Waals surface area (Å²) in [7, 11) is 1.86. The van der Waals surface area contributed by atoms with Crippen LogP contribution in [0.25, 0.3) is 22.6 Å². The summed E-state index contributed by atoms with van der Waals surface area (Å²) in [4.78, 5) is 28.9. The summed E-state index contributed by atoms with van der Waals surface area (Å²) in [5.41, 5.74) is 6.62. The molecule has 0 saturated heterocycles. The number of hydrazine groups is 1. The van der Waals surface area contributed by atoms with Gasteiger partial charge in [0.2, 0.25) is 11.8 Å². The van der Waals surface area contributed by atoms with E-state index in [9.17, 15) is 9.59 Å². The fourth-order valence-corrected chi connectivity index (χ4v) is 3.92. The van der Waals surface area contributed by atoms with Gasteiger partial charge in [0.15, 0.2) is 16.7 Å². The van der Waals surface area contributed by atoms with Crippen molar-refractivity contribution in [3.05, 3.63) is 48.5 Å². The van der Waals surface area contributed by atoms with Crippen LogP contribution in [0.4, 0.5) is 0 Å². The van der Waals surface area contributed by atoms with Gasteiger partial charge in [-0.05, 0) is 31.2 Å². The van der Waals surface area contributed by atoms with Gasteiger partial charge in [-0.15, -0.1) is 10.2 Å². The Morgan fingerprint density at radius 1 is 1.10 bits per heavy atom. The zero-order valence-corrected chi connectivity index (χ0v) is 17.8. The zero-order chi connectivity index (χ0) is 21.8. The lowest BCUT2D eigenvalue weighted by Crippen LogP contribution is -2.43. The highest BCUT2D eigenvalue weighted by Crippen LogP contribution is 2.24. The van der Waals surface area contributed by atoms with Crippen LogP contribution in [0.2, 0.25) is 0 Å². The minimum absolute atomic E-state index is 0.0509. The highest BCUT2D eigenvalue weighted by atomic mass is 32.2. The monoisotopic (exact) mass is 439 g/mol. The molecule has 3 aromatic heterocycles. The van der Waals surface area contributed by atoms with Crippen LogP contribution in [0.15, 0.2) is 52.2 Å². The number of benzene rings is 1. The number of carbonyl (C=O) groups excluding carboxylic acids is 2. The van der Waals surface area contributed by atoms with Crippen molar-refractivity contribution < 1.29 is 14.0 Å². The van der Waals surface area contributed by atoms with Crippen molar-refractivity contribution in [3.8, 4) is 11.6 Å².